The maximum atomic E-state index is 11.8. The van der Waals surface area contributed by atoms with Gasteiger partial charge in [-0.05, 0) is 23.6 Å². The average Bonchev–Trinajstić information content (AvgIpc) is 2.49. The Hall–Kier alpha value is -2.66. The number of nitrogens with one attached hydrogen (secondary N) is 2. The Morgan fingerprint density at radius 1 is 1.33 bits per heavy atom. The molecule has 1 heterocycles. The second-order valence-electron chi connectivity index (χ2n) is 4.37. The standard InChI is InChI=1S/C15H9BrN4O/c16-11-3-1-9(2-4-11)12-5-14(21)20-15(13(12)8-19)10(6-17)7-18/h1-4,12,17H,5H2,(H,20,21). The first-order valence-electron chi connectivity index (χ1n) is 6.00. The number of amides is 1. The van der Waals surface area contributed by atoms with E-state index in [1.807, 2.05) is 36.2 Å². The van der Waals surface area contributed by atoms with E-state index in [0.717, 1.165) is 10.0 Å². The molecule has 5 nitrogen and oxygen atoms in total. The zero-order chi connectivity index (χ0) is 15.4. The molecule has 102 valence electrons. The van der Waals surface area contributed by atoms with Crippen molar-refractivity contribution in [1.29, 1.82) is 15.9 Å². The largest absolute Gasteiger partial charge is 0.323 e. The Labute approximate surface area is 129 Å². The number of carbonyl (C=O) groups is 1. The summed E-state index contributed by atoms with van der Waals surface area (Å²) in [6.45, 7) is 0. The zero-order valence-electron chi connectivity index (χ0n) is 10.8. The molecular weight excluding hydrogens is 332 g/mol. The summed E-state index contributed by atoms with van der Waals surface area (Å²) < 4.78 is 0.895. The number of allylic oxidation sites excluding steroid dienone is 2. The van der Waals surface area contributed by atoms with Crippen LogP contribution in [0.15, 0.2) is 45.6 Å². The monoisotopic (exact) mass is 340 g/mol. The SMILES string of the molecule is N#CC(=C=N)C1=C(C#N)C(c2ccc(Br)cc2)CC(=O)N1. The van der Waals surface area contributed by atoms with Crippen LogP contribution in [0.2, 0.25) is 0 Å². The van der Waals surface area contributed by atoms with E-state index >= 15 is 0 Å². The normalized spacial score (nSPS) is 17.3. The van der Waals surface area contributed by atoms with Gasteiger partial charge in [0.05, 0.1) is 17.3 Å². The summed E-state index contributed by atoms with van der Waals surface area (Å²) in [5.41, 5.74) is 1.01. The van der Waals surface area contributed by atoms with Crippen molar-refractivity contribution in [1.82, 2.24) is 5.32 Å². The van der Waals surface area contributed by atoms with Crippen molar-refractivity contribution in [2.45, 2.75) is 12.3 Å². The Kier molecular flexibility index (Phi) is 4.35. The highest BCUT2D eigenvalue weighted by Gasteiger charge is 2.30. The summed E-state index contributed by atoms with van der Waals surface area (Å²) in [6.07, 6.45) is 0.130. The Balaban J connectivity index is 2.60. The third-order valence-electron chi connectivity index (χ3n) is 3.15. The number of hydrogen-bond donors (Lipinski definition) is 2. The number of hydrogen-bond acceptors (Lipinski definition) is 4. The van der Waals surface area contributed by atoms with E-state index in [-0.39, 0.29) is 29.2 Å². The molecule has 2 rings (SSSR count). The molecular formula is C15H9BrN4O. The molecule has 1 aromatic rings. The highest BCUT2D eigenvalue weighted by Crippen LogP contribution is 2.34. The number of carbonyl (C=O) groups excluding carboxylic acids is 1. The molecule has 2 N–H and O–H groups in total. The molecule has 0 spiro atoms. The Morgan fingerprint density at radius 2 is 2.00 bits per heavy atom. The van der Waals surface area contributed by atoms with Crippen molar-refractivity contribution in [3.05, 3.63) is 51.1 Å². The van der Waals surface area contributed by atoms with Gasteiger partial charge in [-0.25, -0.2) is 0 Å². The van der Waals surface area contributed by atoms with Crippen LogP contribution in [0.5, 0.6) is 0 Å². The second kappa shape index (κ2) is 6.19. The van der Waals surface area contributed by atoms with Gasteiger partial charge in [-0.3, -0.25) is 10.2 Å². The Bertz CT molecular complexity index is 758. The van der Waals surface area contributed by atoms with Crippen molar-refractivity contribution in [2.75, 3.05) is 0 Å². The van der Waals surface area contributed by atoms with E-state index in [9.17, 15) is 10.1 Å². The maximum Gasteiger partial charge on any atom is 0.225 e. The highest BCUT2D eigenvalue weighted by molar-refractivity contribution is 9.10. The highest BCUT2D eigenvalue weighted by atomic mass is 79.9. The van der Waals surface area contributed by atoms with Gasteiger partial charge in [-0.1, -0.05) is 28.1 Å². The van der Waals surface area contributed by atoms with Crippen LogP contribution >= 0.6 is 15.9 Å². The van der Waals surface area contributed by atoms with Crippen molar-refractivity contribution < 1.29 is 4.79 Å². The predicted octanol–water partition coefficient (Wildman–Crippen LogP) is 2.53. The van der Waals surface area contributed by atoms with Crippen LogP contribution in [0.3, 0.4) is 0 Å². The van der Waals surface area contributed by atoms with Crippen molar-refractivity contribution >= 4 is 27.7 Å². The van der Waals surface area contributed by atoms with Crippen LogP contribution in [0.25, 0.3) is 0 Å². The third kappa shape index (κ3) is 2.93. The molecule has 0 saturated carbocycles. The zero-order valence-corrected chi connectivity index (χ0v) is 12.4. The van der Waals surface area contributed by atoms with Crippen molar-refractivity contribution in [2.24, 2.45) is 0 Å². The van der Waals surface area contributed by atoms with Gasteiger partial charge >= 0.3 is 0 Å². The van der Waals surface area contributed by atoms with Gasteiger partial charge in [0.1, 0.15) is 11.6 Å². The lowest BCUT2D eigenvalue weighted by Gasteiger charge is -2.24. The first-order chi connectivity index (χ1) is 10.1. The van der Waals surface area contributed by atoms with Gasteiger partial charge in [-0.15, -0.1) is 0 Å². The fraction of sp³-hybridized carbons (Fsp3) is 0.133. The third-order valence-corrected chi connectivity index (χ3v) is 3.68. The summed E-state index contributed by atoms with van der Waals surface area (Å²) in [5.74, 6) is 1.24. The van der Waals surface area contributed by atoms with E-state index in [4.69, 9.17) is 10.7 Å². The predicted molar refractivity (Wildman–Crippen MR) is 79.1 cm³/mol. The second-order valence-corrected chi connectivity index (χ2v) is 5.28. The van der Waals surface area contributed by atoms with Gasteiger partial charge in [0.25, 0.3) is 0 Å². The number of nitriles is 2. The summed E-state index contributed by atoms with van der Waals surface area (Å²) in [5, 5.41) is 28.0. The minimum Gasteiger partial charge on any atom is -0.323 e. The molecule has 0 fully saturated rings. The molecule has 1 aromatic carbocycles. The lowest BCUT2D eigenvalue weighted by Crippen LogP contribution is -2.32. The smallest absolute Gasteiger partial charge is 0.225 e. The fourth-order valence-electron chi connectivity index (χ4n) is 2.18. The lowest BCUT2D eigenvalue weighted by atomic mass is 9.84. The van der Waals surface area contributed by atoms with E-state index < -0.39 is 5.92 Å². The first kappa shape index (κ1) is 14.7. The van der Waals surface area contributed by atoms with E-state index in [2.05, 4.69) is 21.2 Å². The van der Waals surface area contributed by atoms with Crippen molar-refractivity contribution in [3.8, 4) is 12.1 Å². The molecule has 1 aliphatic heterocycles. The van der Waals surface area contributed by atoms with Gasteiger partial charge in [0.15, 0.2) is 0 Å². The van der Waals surface area contributed by atoms with Crippen molar-refractivity contribution in [3.63, 3.8) is 0 Å². The van der Waals surface area contributed by atoms with E-state index in [0.29, 0.717) is 0 Å². The van der Waals surface area contributed by atoms with Crippen LogP contribution in [0.4, 0.5) is 0 Å². The summed E-state index contributed by atoms with van der Waals surface area (Å²) in [4.78, 5) is 11.8. The molecule has 6 heteroatoms. The quantitative estimate of drug-likeness (QED) is 0.638. The molecule has 0 aliphatic carbocycles. The molecule has 1 unspecified atom stereocenters. The van der Waals surface area contributed by atoms with Gasteiger partial charge in [-0.2, -0.15) is 10.5 Å². The maximum absolute atomic E-state index is 11.8. The lowest BCUT2D eigenvalue weighted by molar-refractivity contribution is -0.120. The minimum atomic E-state index is -0.427. The summed E-state index contributed by atoms with van der Waals surface area (Å²) >= 11 is 3.33. The molecule has 0 saturated heterocycles. The van der Waals surface area contributed by atoms with Crippen LogP contribution in [-0.4, -0.2) is 11.8 Å². The molecule has 1 amide bonds. The number of nitrogens with zero attached hydrogens (tertiary/aromatic N) is 2. The number of halogens is 1. The molecule has 0 bridgehead atoms. The van der Waals surface area contributed by atoms with Crippen LogP contribution < -0.4 is 5.32 Å². The molecule has 1 atom stereocenters. The summed E-state index contributed by atoms with van der Waals surface area (Å²) in [6, 6.07) is 11.1. The first-order valence-corrected chi connectivity index (χ1v) is 6.79. The number of rotatable bonds is 2. The van der Waals surface area contributed by atoms with Crippen LogP contribution in [0, 0.1) is 28.1 Å². The van der Waals surface area contributed by atoms with Gasteiger partial charge in [0.2, 0.25) is 5.91 Å². The Morgan fingerprint density at radius 3 is 2.52 bits per heavy atom. The molecule has 1 aliphatic rings. The fourth-order valence-corrected chi connectivity index (χ4v) is 2.44. The van der Waals surface area contributed by atoms with E-state index in [1.54, 1.807) is 6.07 Å². The van der Waals surface area contributed by atoms with Gasteiger partial charge < -0.3 is 5.32 Å². The topological polar surface area (TPSA) is 101 Å². The van der Waals surface area contributed by atoms with Crippen LogP contribution in [-0.2, 0) is 4.79 Å². The van der Waals surface area contributed by atoms with Gasteiger partial charge in [0, 0.05) is 16.8 Å². The molecule has 21 heavy (non-hydrogen) atoms. The van der Waals surface area contributed by atoms with E-state index in [1.165, 1.54) is 0 Å². The number of benzene rings is 1. The molecule has 0 radical (unpaired) electrons. The molecule has 0 aromatic heterocycles. The summed E-state index contributed by atoms with van der Waals surface area (Å²) in [7, 11) is 0. The minimum absolute atomic E-state index is 0.0826. The average molecular weight is 341 g/mol. The van der Waals surface area contributed by atoms with Crippen LogP contribution in [0.1, 0.15) is 17.9 Å².